The van der Waals surface area contributed by atoms with Crippen LogP contribution in [0, 0.1) is 0 Å². The minimum atomic E-state index is -0.904. The van der Waals surface area contributed by atoms with Gasteiger partial charge in [-0.1, -0.05) is 6.07 Å². The normalized spacial score (nSPS) is 22.4. The number of carbonyl (C=O) groups excluding carboxylic acids is 2. The van der Waals surface area contributed by atoms with Gasteiger partial charge in [0.1, 0.15) is 11.6 Å². The lowest BCUT2D eigenvalue weighted by Crippen LogP contribution is -2.67. The van der Waals surface area contributed by atoms with Gasteiger partial charge in [-0.25, -0.2) is 0 Å². The molecule has 0 aliphatic carbocycles. The van der Waals surface area contributed by atoms with Gasteiger partial charge in [0.2, 0.25) is 5.91 Å². The van der Waals surface area contributed by atoms with Gasteiger partial charge in [0, 0.05) is 8.95 Å². The Morgan fingerprint density at radius 3 is 2.26 bits per heavy atom. The van der Waals surface area contributed by atoms with Gasteiger partial charge in [-0.15, -0.1) is 0 Å². The molecule has 1 unspecified atom stereocenters. The Balaban J connectivity index is 2.58. The fraction of sp³-hybridized carbons (Fsp3) is 0.385. The highest BCUT2D eigenvalue weighted by atomic mass is 79.9. The Hall–Kier alpha value is -0.880. The predicted molar refractivity (Wildman–Crippen MR) is 81.0 cm³/mol. The number of carbonyl (C=O) groups is 2. The second kappa shape index (κ2) is 4.90. The van der Waals surface area contributed by atoms with Crippen molar-refractivity contribution >= 4 is 49.4 Å². The van der Waals surface area contributed by atoms with Crippen molar-refractivity contribution in [1.82, 2.24) is 5.32 Å². The molecular formula is C13H14Br2N2O2. The van der Waals surface area contributed by atoms with E-state index in [-0.39, 0.29) is 11.8 Å². The molecule has 102 valence electrons. The minimum absolute atomic E-state index is 0.132. The number of rotatable bonds is 1. The SMILES string of the molecule is CC1C(=O)NC(C)(C)C(=O)N1c1c(Br)cccc1Br. The molecule has 1 aliphatic rings. The molecule has 1 saturated heterocycles. The number of amides is 2. The fourth-order valence-corrected chi connectivity index (χ4v) is 3.46. The van der Waals surface area contributed by atoms with E-state index in [0.29, 0.717) is 5.69 Å². The lowest BCUT2D eigenvalue weighted by Gasteiger charge is -2.42. The van der Waals surface area contributed by atoms with Crippen molar-refractivity contribution in [3.8, 4) is 0 Å². The van der Waals surface area contributed by atoms with Crippen LogP contribution < -0.4 is 10.2 Å². The minimum Gasteiger partial charge on any atom is -0.340 e. The summed E-state index contributed by atoms with van der Waals surface area (Å²) in [7, 11) is 0. The average molecular weight is 390 g/mol. The zero-order valence-electron chi connectivity index (χ0n) is 10.8. The number of benzene rings is 1. The summed E-state index contributed by atoms with van der Waals surface area (Å²) in [6, 6.07) is 5.01. The number of piperazine rings is 1. The smallest absolute Gasteiger partial charge is 0.252 e. The van der Waals surface area contributed by atoms with Crippen molar-refractivity contribution in [3.63, 3.8) is 0 Å². The van der Waals surface area contributed by atoms with Crippen LogP contribution >= 0.6 is 31.9 Å². The van der Waals surface area contributed by atoms with Crippen LogP contribution in [0.4, 0.5) is 5.69 Å². The van der Waals surface area contributed by atoms with E-state index >= 15 is 0 Å². The molecule has 6 heteroatoms. The summed E-state index contributed by atoms with van der Waals surface area (Å²) in [4.78, 5) is 26.1. The van der Waals surface area contributed by atoms with Gasteiger partial charge in [0.05, 0.1) is 5.69 Å². The number of hydrogen-bond acceptors (Lipinski definition) is 2. The fourth-order valence-electron chi connectivity index (χ4n) is 2.07. The first-order valence-corrected chi connectivity index (χ1v) is 7.44. The molecule has 19 heavy (non-hydrogen) atoms. The molecule has 0 saturated carbocycles. The maximum atomic E-state index is 12.6. The molecule has 4 nitrogen and oxygen atoms in total. The van der Waals surface area contributed by atoms with Crippen LogP contribution in [0.3, 0.4) is 0 Å². The maximum Gasteiger partial charge on any atom is 0.252 e. The maximum absolute atomic E-state index is 12.6. The molecule has 0 bridgehead atoms. The molecule has 1 aromatic carbocycles. The summed E-state index contributed by atoms with van der Waals surface area (Å²) in [5.41, 5.74) is -0.221. The zero-order chi connectivity index (χ0) is 14.4. The molecule has 0 aromatic heterocycles. The highest BCUT2D eigenvalue weighted by Gasteiger charge is 2.45. The largest absolute Gasteiger partial charge is 0.340 e. The van der Waals surface area contributed by atoms with Gasteiger partial charge < -0.3 is 5.32 Å². The summed E-state index contributed by atoms with van der Waals surface area (Å²) in [6.45, 7) is 5.13. The van der Waals surface area contributed by atoms with E-state index in [4.69, 9.17) is 0 Å². The van der Waals surface area contributed by atoms with Crippen molar-refractivity contribution in [3.05, 3.63) is 27.1 Å². The highest BCUT2D eigenvalue weighted by Crippen LogP contribution is 2.37. The number of hydrogen-bond donors (Lipinski definition) is 1. The summed E-state index contributed by atoms with van der Waals surface area (Å²) in [5.74, 6) is -0.292. The van der Waals surface area contributed by atoms with E-state index in [1.54, 1.807) is 20.8 Å². The van der Waals surface area contributed by atoms with E-state index in [1.807, 2.05) is 18.2 Å². The van der Waals surface area contributed by atoms with Crippen LogP contribution in [0.2, 0.25) is 0 Å². The number of para-hydroxylation sites is 1. The first-order valence-electron chi connectivity index (χ1n) is 5.85. The van der Waals surface area contributed by atoms with Gasteiger partial charge in [0.25, 0.3) is 5.91 Å². The molecule has 0 radical (unpaired) electrons. The molecule has 1 aromatic rings. The summed E-state index contributed by atoms with van der Waals surface area (Å²) < 4.78 is 1.54. The summed E-state index contributed by atoms with van der Waals surface area (Å²) in [5, 5.41) is 2.73. The second-order valence-corrected chi connectivity index (χ2v) is 6.74. The monoisotopic (exact) mass is 388 g/mol. The Morgan fingerprint density at radius 2 is 1.74 bits per heavy atom. The first-order chi connectivity index (χ1) is 8.75. The van der Waals surface area contributed by atoms with Crippen LogP contribution in [0.25, 0.3) is 0 Å². The Kier molecular flexibility index (Phi) is 3.75. The number of nitrogens with zero attached hydrogens (tertiary/aromatic N) is 1. The first kappa shape index (κ1) is 14.5. The second-order valence-electron chi connectivity index (χ2n) is 5.04. The third-order valence-corrected chi connectivity index (χ3v) is 4.41. The number of nitrogens with one attached hydrogen (secondary N) is 1. The molecule has 1 N–H and O–H groups in total. The van der Waals surface area contributed by atoms with Crippen molar-refractivity contribution in [2.45, 2.75) is 32.4 Å². The number of anilines is 1. The van der Waals surface area contributed by atoms with Crippen LogP contribution in [-0.4, -0.2) is 23.4 Å². The topological polar surface area (TPSA) is 49.4 Å². The Morgan fingerprint density at radius 1 is 1.21 bits per heavy atom. The average Bonchev–Trinajstić information content (AvgIpc) is 2.30. The van der Waals surface area contributed by atoms with E-state index in [2.05, 4.69) is 37.2 Å². The third-order valence-electron chi connectivity index (χ3n) is 3.13. The molecule has 1 aliphatic heterocycles. The molecule has 1 fully saturated rings. The van der Waals surface area contributed by atoms with Gasteiger partial charge in [-0.05, 0) is 64.8 Å². The molecule has 2 amide bonds. The van der Waals surface area contributed by atoms with Crippen molar-refractivity contribution in [2.24, 2.45) is 0 Å². The Labute approximate surface area is 128 Å². The molecule has 2 rings (SSSR count). The molecule has 1 atom stereocenters. The van der Waals surface area contributed by atoms with Gasteiger partial charge in [-0.2, -0.15) is 0 Å². The van der Waals surface area contributed by atoms with Crippen LogP contribution in [-0.2, 0) is 9.59 Å². The van der Waals surface area contributed by atoms with Gasteiger partial charge >= 0.3 is 0 Å². The van der Waals surface area contributed by atoms with Gasteiger partial charge in [-0.3, -0.25) is 14.5 Å². The van der Waals surface area contributed by atoms with E-state index in [0.717, 1.165) is 8.95 Å². The van der Waals surface area contributed by atoms with Crippen molar-refractivity contribution < 1.29 is 9.59 Å². The van der Waals surface area contributed by atoms with Crippen molar-refractivity contribution in [1.29, 1.82) is 0 Å². The molecule has 0 spiro atoms. The van der Waals surface area contributed by atoms with E-state index in [1.165, 1.54) is 4.90 Å². The van der Waals surface area contributed by atoms with E-state index < -0.39 is 11.6 Å². The van der Waals surface area contributed by atoms with E-state index in [9.17, 15) is 9.59 Å². The Bertz CT molecular complexity index is 537. The lowest BCUT2D eigenvalue weighted by atomic mass is 9.96. The third kappa shape index (κ3) is 2.43. The van der Waals surface area contributed by atoms with Crippen LogP contribution in [0.5, 0.6) is 0 Å². The lowest BCUT2D eigenvalue weighted by molar-refractivity contribution is -0.136. The molecular weight excluding hydrogens is 376 g/mol. The van der Waals surface area contributed by atoms with Crippen molar-refractivity contribution in [2.75, 3.05) is 4.90 Å². The van der Waals surface area contributed by atoms with Crippen LogP contribution in [0.1, 0.15) is 20.8 Å². The predicted octanol–water partition coefficient (Wildman–Crippen LogP) is 2.84. The highest BCUT2D eigenvalue weighted by molar-refractivity contribution is 9.11. The zero-order valence-corrected chi connectivity index (χ0v) is 14.0. The van der Waals surface area contributed by atoms with Gasteiger partial charge in [0.15, 0.2) is 0 Å². The summed E-state index contributed by atoms with van der Waals surface area (Å²) in [6.07, 6.45) is 0. The van der Waals surface area contributed by atoms with Crippen LogP contribution in [0.15, 0.2) is 27.1 Å². The molecule has 1 heterocycles. The quantitative estimate of drug-likeness (QED) is 0.802. The summed E-state index contributed by atoms with van der Waals surface area (Å²) >= 11 is 6.88. The standard InChI is InChI=1S/C13H14Br2N2O2/c1-7-11(18)16-13(2,3)12(19)17(7)10-8(14)5-4-6-9(10)15/h4-7H,1-3H3,(H,16,18). The number of halogens is 2.